The van der Waals surface area contributed by atoms with Gasteiger partial charge in [-0.15, -0.1) is 12.4 Å². The molecule has 0 unspecified atom stereocenters. The normalized spacial score (nSPS) is 15.4. The summed E-state index contributed by atoms with van der Waals surface area (Å²) in [6.45, 7) is 1.68. The molecular weight excluding hydrogens is 374 g/mol. The molecule has 0 saturated carbocycles. The van der Waals surface area contributed by atoms with Crippen molar-refractivity contribution in [1.82, 2.24) is 14.8 Å². The van der Waals surface area contributed by atoms with E-state index in [9.17, 15) is 16.8 Å². The summed E-state index contributed by atoms with van der Waals surface area (Å²) >= 11 is 0. The van der Waals surface area contributed by atoms with E-state index in [0.717, 1.165) is 25.1 Å². The zero-order chi connectivity index (χ0) is 16.8. The number of rotatable bonds is 8. The molecular formula is C14H22ClN3O4S2. The molecule has 1 aliphatic rings. The first kappa shape index (κ1) is 21.1. The standard InChI is InChI=1S/C14H21N3O4S2.ClH/c18-22(19,17-12-13-6-8-15-9-7-13)11-10-16-23(20,21)14-4-2-1-3-5-14;/h1-6,15-17H,7-12H2;1H. The largest absolute Gasteiger partial charge is 0.313 e. The Kier molecular flexibility index (Phi) is 8.34. The molecule has 0 bridgehead atoms. The maximum atomic E-state index is 12.0. The second kappa shape index (κ2) is 9.50. The second-order valence-electron chi connectivity index (χ2n) is 5.17. The van der Waals surface area contributed by atoms with Crippen LogP contribution < -0.4 is 14.8 Å². The van der Waals surface area contributed by atoms with E-state index in [-0.39, 0.29) is 36.1 Å². The van der Waals surface area contributed by atoms with Crippen LogP contribution >= 0.6 is 12.4 Å². The molecule has 1 aliphatic heterocycles. The molecule has 136 valence electrons. The predicted molar refractivity (Wildman–Crippen MR) is 96.2 cm³/mol. The fourth-order valence-corrected chi connectivity index (χ4v) is 4.20. The monoisotopic (exact) mass is 395 g/mol. The first-order valence-electron chi connectivity index (χ1n) is 7.30. The molecule has 1 heterocycles. The minimum atomic E-state index is -3.68. The van der Waals surface area contributed by atoms with E-state index in [2.05, 4.69) is 14.8 Å². The van der Waals surface area contributed by atoms with E-state index in [1.807, 2.05) is 6.08 Å². The summed E-state index contributed by atoms with van der Waals surface area (Å²) in [5.74, 6) is -0.301. The van der Waals surface area contributed by atoms with Crippen LogP contribution in [0, 0.1) is 0 Å². The lowest BCUT2D eigenvalue weighted by Crippen LogP contribution is -2.36. The third-order valence-corrected chi connectivity index (χ3v) is 6.20. The molecule has 1 aromatic carbocycles. The van der Waals surface area contributed by atoms with Gasteiger partial charge in [0.25, 0.3) is 0 Å². The van der Waals surface area contributed by atoms with E-state index >= 15 is 0 Å². The Morgan fingerprint density at radius 2 is 1.75 bits per heavy atom. The van der Waals surface area contributed by atoms with Gasteiger partial charge in [0.15, 0.2) is 0 Å². The van der Waals surface area contributed by atoms with Crippen LogP contribution in [0.1, 0.15) is 6.42 Å². The fraction of sp³-hybridized carbons (Fsp3) is 0.429. The molecule has 2 rings (SSSR count). The molecule has 3 N–H and O–H groups in total. The van der Waals surface area contributed by atoms with Gasteiger partial charge in [0, 0.05) is 19.6 Å². The molecule has 0 amide bonds. The molecule has 0 saturated heterocycles. The minimum Gasteiger partial charge on any atom is -0.313 e. The van der Waals surface area contributed by atoms with Crippen molar-refractivity contribution in [2.45, 2.75) is 11.3 Å². The molecule has 0 radical (unpaired) electrons. The molecule has 1 aromatic rings. The van der Waals surface area contributed by atoms with Crippen molar-refractivity contribution in [2.24, 2.45) is 0 Å². The Balaban J connectivity index is 0.00000288. The van der Waals surface area contributed by atoms with Gasteiger partial charge >= 0.3 is 0 Å². The van der Waals surface area contributed by atoms with E-state index < -0.39 is 20.0 Å². The van der Waals surface area contributed by atoms with Crippen molar-refractivity contribution in [3.63, 3.8) is 0 Å². The predicted octanol–water partition coefficient (Wildman–Crippen LogP) is 0.226. The van der Waals surface area contributed by atoms with Crippen molar-refractivity contribution >= 4 is 32.5 Å². The summed E-state index contributed by atoms with van der Waals surface area (Å²) in [6, 6.07) is 7.85. The third-order valence-electron chi connectivity index (χ3n) is 3.39. The van der Waals surface area contributed by atoms with Crippen LogP contribution in [0.25, 0.3) is 0 Å². The van der Waals surface area contributed by atoms with Crippen molar-refractivity contribution in [1.29, 1.82) is 0 Å². The number of sulfonamides is 2. The molecule has 0 spiro atoms. The molecule has 7 nitrogen and oxygen atoms in total. The summed E-state index contributed by atoms with van der Waals surface area (Å²) < 4.78 is 52.6. The number of halogens is 1. The number of hydrogen-bond donors (Lipinski definition) is 3. The summed E-state index contributed by atoms with van der Waals surface area (Å²) in [6.07, 6.45) is 2.77. The Bertz CT molecular complexity index is 749. The average molecular weight is 396 g/mol. The fourth-order valence-electron chi connectivity index (χ4n) is 2.10. The van der Waals surface area contributed by atoms with Crippen molar-refractivity contribution in [3.8, 4) is 0 Å². The highest BCUT2D eigenvalue weighted by Crippen LogP contribution is 2.07. The van der Waals surface area contributed by atoms with Crippen molar-refractivity contribution in [3.05, 3.63) is 42.0 Å². The first-order valence-corrected chi connectivity index (χ1v) is 10.4. The zero-order valence-corrected chi connectivity index (χ0v) is 15.5. The van der Waals surface area contributed by atoms with E-state index in [1.165, 1.54) is 12.1 Å². The number of nitrogens with one attached hydrogen (secondary N) is 3. The van der Waals surface area contributed by atoms with Crippen LogP contribution in [-0.2, 0) is 20.0 Å². The molecule has 10 heteroatoms. The zero-order valence-electron chi connectivity index (χ0n) is 13.1. The molecule has 0 fully saturated rings. The Morgan fingerprint density at radius 3 is 2.38 bits per heavy atom. The van der Waals surface area contributed by atoms with Crippen LogP contribution in [0.3, 0.4) is 0 Å². The van der Waals surface area contributed by atoms with Gasteiger partial charge in [-0.05, 0) is 25.1 Å². The van der Waals surface area contributed by atoms with Crippen molar-refractivity contribution < 1.29 is 16.8 Å². The lowest BCUT2D eigenvalue weighted by molar-refractivity contribution is 0.575. The van der Waals surface area contributed by atoms with E-state index in [1.54, 1.807) is 18.2 Å². The van der Waals surface area contributed by atoms with Gasteiger partial charge in [-0.3, -0.25) is 0 Å². The maximum Gasteiger partial charge on any atom is 0.240 e. The van der Waals surface area contributed by atoms with Crippen LogP contribution in [0.5, 0.6) is 0 Å². The topological polar surface area (TPSA) is 104 Å². The van der Waals surface area contributed by atoms with Gasteiger partial charge in [-0.25, -0.2) is 26.3 Å². The second-order valence-corrected chi connectivity index (χ2v) is 8.86. The van der Waals surface area contributed by atoms with Gasteiger partial charge in [0.2, 0.25) is 20.0 Å². The van der Waals surface area contributed by atoms with Gasteiger partial charge in [0.05, 0.1) is 10.6 Å². The third kappa shape index (κ3) is 6.88. The van der Waals surface area contributed by atoms with Gasteiger partial charge in [-0.1, -0.05) is 29.8 Å². The van der Waals surface area contributed by atoms with Gasteiger partial charge in [0.1, 0.15) is 0 Å². The highest BCUT2D eigenvalue weighted by atomic mass is 35.5. The van der Waals surface area contributed by atoms with Crippen LogP contribution in [-0.4, -0.2) is 48.8 Å². The smallest absolute Gasteiger partial charge is 0.240 e. The highest BCUT2D eigenvalue weighted by molar-refractivity contribution is 7.90. The first-order chi connectivity index (χ1) is 10.9. The van der Waals surface area contributed by atoms with Gasteiger partial charge < -0.3 is 5.32 Å². The molecule has 0 atom stereocenters. The SMILES string of the molecule is Cl.O=S(=O)(CCNS(=O)(=O)c1ccccc1)NCC1=CCNCC1. The number of benzene rings is 1. The highest BCUT2D eigenvalue weighted by Gasteiger charge is 2.16. The lowest BCUT2D eigenvalue weighted by Gasteiger charge is -2.14. The Labute approximate surface area is 149 Å². The summed E-state index contributed by atoms with van der Waals surface area (Å²) in [7, 11) is -7.20. The number of hydrogen-bond acceptors (Lipinski definition) is 5. The lowest BCUT2D eigenvalue weighted by atomic mass is 10.1. The van der Waals surface area contributed by atoms with Crippen LogP contribution in [0.2, 0.25) is 0 Å². The minimum absolute atomic E-state index is 0. The van der Waals surface area contributed by atoms with Crippen LogP contribution in [0.15, 0.2) is 46.9 Å². The van der Waals surface area contributed by atoms with Crippen LogP contribution in [0.4, 0.5) is 0 Å². The quantitative estimate of drug-likeness (QED) is 0.546. The van der Waals surface area contributed by atoms with E-state index in [0.29, 0.717) is 0 Å². The van der Waals surface area contributed by atoms with Crippen molar-refractivity contribution in [2.75, 3.05) is 31.9 Å². The Hall–Kier alpha value is -0.970. The molecule has 0 aliphatic carbocycles. The molecule has 0 aromatic heterocycles. The average Bonchev–Trinajstić information content (AvgIpc) is 2.54. The maximum absolute atomic E-state index is 12.0. The summed E-state index contributed by atoms with van der Waals surface area (Å²) in [5, 5.41) is 3.15. The Morgan fingerprint density at radius 1 is 1.04 bits per heavy atom. The summed E-state index contributed by atoms with van der Waals surface area (Å²) in [4.78, 5) is 0.116. The van der Waals surface area contributed by atoms with E-state index in [4.69, 9.17) is 0 Å². The summed E-state index contributed by atoms with van der Waals surface area (Å²) in [5.41, 5.74) is 1.04. The van der Waals surface area contributed by atoms with Gasteiger partial charge in [-0.2, -0.15) is 0 Å². The molecule has 24 heavy (non-hydrogen) atoms.